The maximum Gasteiger partial charge on any atom is 0.252 e. The first kappa shape index (κ1) is 18.3. The number of carbonyl (C=O) groups is 1. The van der Waals surface area contributed by atoms with Crippen molar-refractivity contribution in [3.05, 3.63) is 35.2 Å². The molecule has 8 heteroatoms. The number of hydrogen-bond donors (Lipinski definition) is 1. The van der Waals surface area contributed by atoms with Gasteiger partial charge in [0.15, 0.2) is 11.5 Å². The largest absolute Gasteiger partial charge is 0.345 e. The van der Waals surface area contributed by atoms with Crippen molar-refractivity contribution in [1.82, 2.24) is 34.8 Å². The molecule has 3 aromatic rings. The minimum Gasteiger partial charge on any atom is -0.345 e. The highest BCUT2D eigenvalue weighted by Gasteiger charge is 2.28. The average Bonchev–Trinajstić information content (AvgIpc) is 3.43. The predicted octanol–water partition coefficient (Wildman–Crippen LogP) is 3.14. The molecule has 8 nitrogen and oxygen atoms in total. The predicted molar refractivity (Wildman–Crippen MR) is 109 cm³/mol. The fraction of sp³-hybridized carbons (Fsp3) is 0.571. The van der Waals surface area contributed by atoms with Crippen molar-refractivity contribution >= 4 is 16.9 Å². The molecule has 1 amide bonds. The summed E-state index contributed by atoms with van der Waals surface area (Å²) in [5.41, 5.74) is 2.45. The van der Waals surface area contributed by atoms with Gasteiger partial charge in [0.25, 0.3) is 5.91 Å². The molecule has 0 radical (unpaired) electrons. The topological polar surface area (TPSA) is 90.5 Å². The number of amides is 1. The lowest BCUT2D eigenvalue weighted by Crippen LogP contribution is -2.25. The normalized spacial score (nSPS) is 16.8. The lowest BCUT2D eigenvalue weighted by Gasteiger charge is -2.11. The molecule has 0 unspecified atom stereocenters. The molecule has 29 heavy (non-hydrogen) atoms. The molecule has 0 aromatic carbocycles. The number of rotatable bonds is 5. The second-order valence-electron chi connectivity index (χ2n) is 8.47. The Hall–Kier alpha value is -2.77. The van der Waals surface area contributed by atoms with E-state index in [-0.39, 0.29) is 11.9 Å². The van der Waals surface area contributed by atoms with Crippen LogP contribution in [0.5, 0.6) is 0 Å². The van der Waals surface area contributed by atoms with Crippen LogP contribution in [0.2, 0.25) is 0 Å². The molecule has 1 saturated carbocycles. The molecule has 0 saturated heterocycles. The summed E-state index contributed by atoms with van der Waals surface area (Å²) in [5, 5.41) is 17.0. The molecule has 152 valence electrons. The zero-order chi connectivity index (χ0) is 20.0. The van der Waals surface area contributed by atoms with Gasteiger partial charge in [-0.3, -0.25) is 4.79 Å². The van der Waals surface area contributed by atoms with Crippen LogP contribution in [0.3, 0.4) is 0 Å². The van der Waals surface area contributed by atoms with Crippen molar-refractivity contribution in [2.75, 3.05) is 0 Å². The molecule has 5 rings (SSSR count). The number of fused-ring (bicyclic) bond motifs is 2. The third-order valence-corrected chi connectivity index (χ3v) is 5.91. The molecule has 1 aliphatic carbocycles. The van der Waals surface area contributed by atoms with Crippen molar-refractivity contribution in [3.63, 3.8) is 0 Å². The lowest BCUT2D eigenvalue weighted by molar-refractivity contribution is 0.0951. The van der Waals surface area contributed by atoms with Gasteiger partial charge < -0.3 is 9.88 Å². The zero-order valence-corrected chi connectivity index (χ0v) is 17.1. The summed E-state index contributed by atoms with van der Waals surface area (Å²) < 4.78 is 4.07. The van der Waals surface area contributed by atoms with Gasteiger partial charge in [0, 0.05) is 30.6 Å². The van der Waals surface area contributed by atoms with Gasteiger partial charge in [-0.15, -0.1) is 10.2 Å². The van der Waals surface area contributed by atoms with Crippen LogP contribution in [0.4, 0.5) is 0 Å². The van der Waals surface area contributed by atoms with E-state index in [9.17, 15) is 4.79 Å². The molecule has 2 aliphatic rings. The lowest BCUT2D eigenvalue weighted by atomic mass is 10.1. The molecule has 1 N–H and O–H groups in total. The first-order valence-corrected chi connectivity index (χ1v) is 10.7. The van der Waals surface area contributed by atoms with Crippen LogP contribution in [0, 0.1) is 0 Å². The average molecular weight is 393 g/mol. The Labute approximate surface area is 169 Å². The fourth-order valence-corrected chi connectivity index (χ4v) is 4.12. The third-order valence-electron chi connectivity index (χ3n) is 5.91. The zero-order valence-electron chi connectivity index (χ0n) is 17.1. The van der Waals surface area contributed by atoms with Gasteiger partial charge in [-0.2, -0.15) is 5.10 Å². The van der Waals surface area contributed by atoms with Gasteiger partial charge in [-0.1, -0.05) is 6.42 Å². The summed E-state index contributed by atoms with van der Waals surface area (Å²) in [6.07, 6.45) is 8.51. The van der Waals surface area contributed by atoms with Gasteiger partial charge in [0.05, 0.1) is 23.7 Å². The summed E-state index contributed by atoms with van der Waals surface area (Å²) in [7, 11) is 0. The first-order chi connectivity index (χ1) is 14.1. The standard InChI is InChI=1S/C21H27N7O/c1-13(2)28-20-16(11-23-28)15(10-17(24-20)14-7-8-14)21(29)22-12-19-26-25-18-6-4-3-5-9-27(18)19/h10-11,13-14H,3-9,12H2,1-2H3,(H,22,29). The highest BCUT2D eigenvalue weighted by molar-refractivity contribution is 6.05. The number of pyridine rings is 1. The Kier molecular flexibility index (Phi) is 4.56. The van der Waals surface area contributed by atoms with E-state index in [4.69, 9.17) is 4.98 Å². The maximum absolute atomic E-state index is 13.1. The van der Waals surface area contributed by atoms with E-state index in [1.54, 1.807) is 6.20 Å². The van der Waals surface area contributed by atoms with Gasteiger partial charge in [0.1, 0.15) is 5.82 Å². The fourth-order valence-electron chi connectivity index (χ4n) is 4.12. The van der Waals surface area contributed by atoms with E-state index in [0.717, 1.165) is 67.0 Å². The summed E-state index contributed by atoms with van der Waals surface area (Å²) >= 11 is 0. The van der Waals surface area contributed by atoms with Crippen LogP contribution < -0.4 is 5.32 Å². The van der Waals surface area contributed by atoms with Crippen molar-refractivity contribution in [1.29, 1.82) is 0 Å². The van der Waals surface area contributed by atoms with Crippen molar-refractivity contribution < 1.29 is 4.79 Å². The van der Waals surface area contributed by atoms with Crippen molar-refractivity contribution in [3.8, 4) is 0 Å². The summed E-state index contributed by atoms with van der Waals surface area (Å²) in [5.74, 6) is 2.23. The number of carbonyl (C=O) groups excluding carboxylic acids is 1. The number of hydrogen-bond acceptors (Lipinski definition) is 5. The van der Waals surface area contributed by atoms with Crippen LogP contribution in [-0.2, 0) is 19.5 Å². The minimum absolute atomic E-state index is 0.103. The molecule has 1 aliphatic heterocycles. The number of nitrogens with zero attached hydrogens (tertiary/aromatic N) is 6. The monoisotopic (exact) mass is 393 g/mol. The van der Waals surface area contributed by atoms with E-state index in [2.05, 4.69) is 39.0 Å². The molecule has 0 atom stereocenters. The SMILES string of the molecule is CC(C)n1ncc2c(C(=O)NCc3nnc4n3CCCCC4)cc(C3CC3)nc21. The van der Waals surface area contributed by atoms with Crippen LogP contribution in [0.1, 0.15) is 85.6 Å². The van der Waals surface area contributed by atoms with Crippen LogP contribution >= 0.6 is 0 Å². The van der Waals surface area contributed by atoms with Crippen LogP contribution in [-0.4, -0.2) is 35.4 Å². The van der Waals surface area contributed by atoms with E-state index in [1.165, 1.54) is 6.42 Å². The molecular formula is C21H27N7O. The van der Waals surface area contributed by atoms with E-state index in [1.807, 2.05) is 10.7 Å². The van der Waals surface area contributed by atoms with Crippen LogP contribution in [0.15, 0.2) is 12.3 Å². The smallest absolute Gasteiger partial charge is 0.252 e. The number of nitrogens with one attached hydrogen (secondary N) is 1. The molecule has 4 heterocycles. The third kappa shape index (κ3) is 3.41. The summed E-state index contributed by atoms with van der Waals surface area (Å²) in [6.45, 7) is 5.47. The number of aryl methyl sites for hydroxylation is 1. The Balaban J connectivity index is 1.43. The molecular weight excluding hydrogens is 366 g/mol. The quantitative estimate of drug-likeness (QED) is 0.719. The van der Waals surface area contributed by atoms with Crippen molar-refractivity contribution in [2.24, 2.45) is 0 Å². The maximum atomic E-state index is 13.1. The molecule has 0 spiro atoms. The summed E-state index contributed by atoms with van der Waals surface area (Å²) in [4.78, 5) is 18.0. The Morgan fingerprint density at radius 1 is 1.24 bits per heavy atom. The molecule has 3 aromatic heterocycles. The van der Waals surface area contributed by atoms with Gasteiger partial charge in [0.2, 0.25) is 0 Å². The van der Waals surface area contributed by atoms with Gasteiger partial charge in [-0.25, -0.2) is 9.67 Å². The summed E-state index contributed by atoms with van der Waals surface area (Å²) in [6, 6.07) is 2.14. The Bertz CT molecular complexity index is 1060. The van der Waals surface area contributed by atoms with E-state index in [0.29, 0.717) is 18.0 Å². The minimum atomic E-state index is -0.103. The van der Waals surface area contributed by atoms with Gasteiger partial charge >= 0.3 is 0 Å². The molecule has 1 fully saturated rings. The number of aromatic nitrogens is 6. The Morgan fingerprint density at radius 2 is 2.10 bits per heavy atom. The first-order valence-electron chi connectivity index (χ1n) is 10.7. The Morgan fingerprint density at radius 3 is 2.90 bits per heavy atom. The highest BCUT2D eigenvalue weighted by Crippen LogP contribution is 2.40. The second kappa shape index (κ2) is 7.24. The van der Waals surface area contributed by atoms with E-state index < -0.39 is 0 Å². The van der Waals surface area contributed by atoms with Crippen LogP contribution in [0.25, 0.3) is 11.0 Å². The van der Waals surface area contributed by atoms with Crippen molar-refractivity contribution in [2.45, 2.75) is 77.4 Å². The highest BCUT2D eigenvalue weighted by atomic mass is 16.1. The second-order valence-corrected chi connectivity index (χ2v) is 8.47. The van der Waals surface area contributed by atoms with Gasteiger partial charge in [-0.05, 0) is 45.6 Å². The molecule has 0 bridgehead atoms. The van der Waals surface area contributed by atoms with E-state index >= 15 is 0 Å².